The van der Waals surface area contributed by atoms with E-state index in [4.69, 9.17) is 14.2 Å². The smallest absolute Gasteiger partial charge is 0.191 e. The predicted octanol–water partition coefficient (Wildman–Crippen LogP) is 2.69. The van der Waals surface area contributed by atoms with E-state index in [2.05, 4.69) is 29.5 Å². The van der Waals surface area contributed by atoms with E-state index in [1.54, 1.807) is 14.2 Å². The molecular formula is C19H33N3O3. The summed E-state index contributed by atoms with van der Waals surface area (Å²) in [5, 5.41) is 6.49. The van der Waals surface area contributed by atoms with Crippen LogP contribution in [0.25, 0.3) is 0 Å². The van der Waals surface area contributed by atoms with Gasteiger partial charge in [0.2, 0.25) is 0 Å². The van der Waals surface area contributed by atoms with Gasteiger partial charge in [-0.3, -0.25) is 4.99 Å². The molecule has 2 N–H and O–H groups in total. The Hall–Kier alpha value is -1.95. The van der Waals surface area contributed by atoms with Crippen LogP contribution in [0.2, 0.25) is 0 Å². The normalized spacial score (nSPS) is 12.8. The van der Waals surface area contributed by atoms with Crippen LogP contribution in [0.4, 0.5) is 0 Å². The van der Waals surface area contributed by atoms with E-state index < -0.39 is 0 Å². The second-order valence-corrected chi connectivity index (χ2v) is 6.25. The number of hydrogen-bond acceptors (Lipinski definition) is 4. The van der Waals surface area contributed by atoms with Gasteiger partial charge in [0.25, 0.3) is 0 Å². The predicted molar refractivity (Wildman–Crippen MR) is 103 cm³/mol. The number of hydrogen-bond donors (Lipinski definition) is 2. The summed E-state index contributed by atoms with van der Waals surface area (Å²) in [6, 6.07) is 7.63. The first-order valence-electron chi connectivity index (χ1n) is 8.88. The van der Waals surface area contributed by atoms with Gasteiger partial charge in [-0.15, -0.1) is 0 Å². The van der Waals surface area contributed by atoms with Crippen molar-refractivity contribution in [3.63, 3.8) is 0 Å². The molecule has 0 radical (unpaired) electrons. The van der Waals surface area contributed by atoms with Gasteiger partial charge < -0.3 is 24.8 Å². The van der Waals surface area contributed by atoms with Gasteiger partial charge in [-0.25, -0.2) is 0 Å². The second kappa shape index (κ2) is 12.4. The lowest BCUT2D eigenvalue weighted by Crippen LogP contribution is -2.42. The average Bonchev–Trinajstić information content (AvgIpc) is 2.60. The Morgan fingerprint density at radius 1 is 1.08 bits per heavy atom. The number of aliphatic imine (C=N–C) groups is 1. The van der Waals surface area contributed by atoms with Crippen LogP contribution in [0.15, 0.2) is 29.3 Å². The highest BCUT2D eigenvalue weighted by Gasteiger charge is 2.09. The highest BCUT2D eigenvalue weighted by Crippen LogP contribution is 2.26. The number of nitrogens with one attached hydrogen (secondary N) is 2. The van der Waals surface area contributed by atoms with Crippen molar-refractivity contribution < 1.29 is 14.2 Å². The molecule has 1 aromatic carbocycles. The Balaban J connectivity index is 2.25. The van der Waals surface area contributed by atoms with Crippen LogP contribution in [0, 0.1) is 5.92 Å². The van der Waals surface area contributed by atoms with Gasteiger partial charge in [0.15, 0.2) is 17.5 Å². The molecule has 0 saturated heterocycles. The zero-order chi connectivity index (χ0) is 18.5. The highest BCUT2D eigenvalue weighted by molar-refractivity contribution is 5.79. The first kappa shape index (κ1) is 21.1. The van der Waals surface area contributed by atoms with Crippen molar-refractivity contribution in [2.45, 2.75) is 33.3 Å². The number of rotatable bonds is 11. The molecule has 6 nitrogen and oxygen atoms in total. The van der Waals surface area contributed by atoms with Gasteiger partial charge in [0.05, 0.1) is 20.3 Å². The van der Waals surface area contributed by atoms with Crippen molar-refractivity contribution in [2.75, 3.05) is 40.5 Å². The van der Waals surface area contributed by atoms with Crippen molar-refractivity contribution >= 4 is 5.96 Å². The summed E-state index contributed by atoms with van der Waals surface area (Å²) < 4.78 is 16.8. The molecule has 0 aromatic heterocycles. The molecule has 0 fully saturated rings. The topological polar surface area (TPSA) is 64.1 Å². The third kappa shape index (κ3) is 9.19. The molecule has 0 bridgehead atoms. The lowest BCUT2D eigenvalue weighted by atomic mass is 10.1. The van der Waals surface area contributed by atoms with Gasteiger partial charge in [-0.1, -0.05) is 26.0 Å². The minimum atomic E-state index is -0.0304. The van der Waals surface area contributed by atoms with E-state index in [0.29, 0.717) is 19.1 Å². The van der Waals surface area contributed by atoms with Crippen molar-refractivity contribution in [1.29, 1.82) is 0 Å². The summed E-state index contributed by atoms with van der Waals surface area (Å²) in [4.78, 5) is 4.21. The van der Waals surface area contributed by atoms with E-state index >= 15 is 0 Å². The molecule has 0 aliphatic heterocycles. The number of guanidine groups is 1. The molecule has 1 unspecified atom stereocenters. The second-order valence-electron chi connectivity index (χ2n) is 6.25. The summed E-state index contributed by atoms with van der Waals surface area (Å²) in [5.74, 6) is 2.88. The van der Waals surface area contributed by atoms with Crippen LogP contribution in [-0.2, 0) is 4.74 Å². The van der Waals surface area contributed by atoms with Crippen molar-refractivity contribution in [3.05, 3.63) is 24.3 Å². The maximum absolute atomic E-state index is 5.92. The Labute approximate surface area is 152 Å². The summed E-state index contributed by atoms with van der Waals surface area (Å²) >= 11 is 0. The molecule has 25 heavy (non-hydrogen) atoms. The molecule has 0 aliphatic carbocycles. The van der Waals surface area contributed by atoms with Crippen LogP contribution in [0.3, 0.4) is 0 Å². The number of para-hydroxylation sites is 2. The summed E-state index contributed by atoms with van der Waals surface area (Å²) in [7, 11) is 3.39. The molecule has 0 saturated carbocycles. The van der Waals surface area contributed by atoms with Crippen molar-refractivity contribution in [3.8, 4) is 11.5 Å². The Kier molecular flexibility index (Phi) is 10.5. The number of benzene rings is 1. The fourth-order valence-corrected chi connectivity index (χ4v) is 2.10. The van der Waals surface area contributed by atoms with Crippen molar-refractivity contribution in [1.82, 2.24) is 10.6 Å². The van der Waals surface area contributed by atoms with Gasteiger partial charge >= 0.3 is 0 Å². The zero-order valence-corrected chi connectivity index (χ0v) is 16.2. The maximum atomic E-state index is 5.92. The van der Waals surface area contributed by atoms with Crippen LogP contribution in [0.1, 0.15) is 27.2 Å². The SMILES string of the molecule is CN=C(NCCOCCC(C)C)NCC(C)Oc1ccccc1OC. The van der Waals surface area contributed by atoms with Crippen LogP contribution in [-0.4, -0.2) is 52.5 Å². The molecule has 1 atom stereocenters. The first-order valence-corrected chi connectivity index (χ1v) is 8.88. The lowest BCUT2D eigenvalue weighted by Gasteiger charge is -2.19. The standard InChI is InChI=1S/C19H33N3O3/c1-15(2)10-12-24-13-11-21-19(20-4)22-14-16(3)25-18-9-7-6-8-17(18)23-5/h6-9,15-16H,10-14H2,1-5H3,(H2,20,21,22). The number of ether oxygens (including phenoxy) is 3. The fraction of sp³-hybridized carbons (Fsp3) is 0.632. The number of methoxy groups -OCH3 is 1. The van der Waals surface area contributed by atoms with Gasteiger partial charge in [0, 0.05) is 20.2 Å². The van der Waals surface area contributed by atoms with E-state index in [0.717, 1.165) is 37.0 Å². The average molecular weight is 351 g/mol. The number of nitrogens with zero attached hydrogens (tertiary/aromatic N) is 1. The summed E-state index contributed by atoms with van der Waals surface area (Å²) in [6.45, 7) is 9.21. The zero-order valence-electron chi connectivity index (χ0n) is 16.2. The molecular weight excluding hydrogens is 318 g/mol. The molecule has 0 aliphatic rings. The maximum Gasteiger partial charge on any atom is 0.191 e. The van der Waals surface area contributed by atoms with Crippen molar-refractivity contribution in [2.24, 2.45) is 10.9 Å². The third-order valence-corrected chi connectivity index (χ3v) is 3.56. The summed E-state index contributed by atoms with van der Waals surface area (Å²) in [5.41, 5.74) is 0. The van der Waals surface area contributed by atoms with Crippen LogP contribution in [0.5, 0.6) is 11.5 Å². The molecule has 0 spiro atoms. The molecule has 1 aromatic rings. The highest BCUT2D eigenvalue weighted by atomic mass is 16.5. The Morgan fingerprint density at radius 3 is 2.44 bits per heavy atom. The molecule has 1 rings (SSSR count). The lowest BCUT2D eigenvalue weighted by molar-refractivity contribution is 0.128. The third-order valence-electron chi connectivity index (χ3n) is 3.56. The van der Waals surface area contributed by atoms with E-state index in [1.165, 1.54) is 0 Å². The minimum absolute atomic E-state index is 0.0304. The minimum Gasteiger partial charge on any atom is -0.493 e. The fourth-order valence-electron chi connectivity index (χ4n) is 2.10. The Bertz CT molecular complexity index is 506. The molecule has 0 heterocycles. The van der Waals surface area contributed by atoms with Crippen LogP contribution >= 0.6 is 0 Å². The quantitative estimate of drug-likeness (QED) is 0.365. The van der Waals surface area contributed by atoms with E-state index in [9.17, 15) is 0 Å². The van der Waals surface area contributed by atoms with Gasteiger partial charge in [-0.05, 0) is 31.4 Å². The van der Waals surface area contributed by atoms with Crippen LogP contribution < -0.4 is 20.1 Å². The molecule has 142 valence electrons. The molecule has 0 amide bonds. The largest absolute Gasteiger partial charge is 0.493 e. The molecule has 6 heteroatoms. The van der Waals surface area contributed by atoms with Gasteiger partial charge in [0.1, 0.15) is 6.10 Å². The van der Waals surface area contributed by atoms with Gasteiger partial charge in [-0.2, -0.15) is 0 Å². The Morgan fingerprint density at radius 2 is 1.80 bits per heavy atom. The van der Waals surface area contributed by atoms with E-state index in [-0.39, 0.29) is 6.10 Å². The summed E-state index contributed by atoms with van der Waals surface area (Å²) in [6.07, 6.45) is 1.06. The monoisotopic (exact) mass is 351 g/mol. The van der Waals surface area contributed by atoms with E-state index in [1.807, 2.05) is 31.2 Å². The first-order chi connectivity index (χ1) is 12.1.